The lowest BCUT2D eigenvalue weighted by Crippen LogP contribution is -2.32. The summed E-state index contributed by atoms with van der Waals surface area (Å²) in [5.74, 6) is 0.0915. The van der Waals surface area contributed by atoms with Gasteiger partial charge in [0, 0.05) is 36.2 Å². The first-order valence-electron chi connectivity index (χ1n) is 6.95. The second-order valence-corrected chi connectivity index (χ2v) is 5.63. The zero-order valence-corrected chi connectivity index (χ0v) is 12.5. The maximum Gasteiger partial charge on any atom is 0.160 e. The van der Waals surface area contributed by atoms with Gasteiger partial charge in [-0.05, 0) is 25.1 Å². The largest absolute Gasteiger partial charge is 0.299 e. The van der Waals surface area contributed by atoms with E-state index in [2.05, 4.69) is 11.8 Å². The molecule has 0 N–H and O–H groups in total. The first kappa shape index (κ1) is 13.5. The summed E-state index contributed by atoms with van der Waals surface area (Å²) in [6.45, 7) is 6.55. The van der Waals surface area contributed by atoms with Gasteiger partial charge < -0.3 is 0 Å². The Morgan fingerprint density at radius 1 is 1.45 bits per heavy atom. The molecular formula is C16H17ClN2O. The third kappa shape index (κ3) is 2.11. The van der Waals surface area contributed by atoms with Crippen LogP contribution in [0.5, 0.6) is 0 Å². The van der Waals surface area contributed by atoms with Crippen LogP contribution in [0, 0.1) is 0 Å². The number of carbonyl (C=O) groups is 1. The van der Waals surface area contributed by atoms with Crippen LogP contribution in [0.15, 0.2) is 18.2 Å². The Balaban J connectivity index is 2.32. The average molecular weight is 289 g/mol. The van der Waals surface area contributed by atoms with Crippen molar-refractivity contribution in [1.29, 1.82) is 0 Å². The van der Waals surface area contributed by atoms with Crippen LogP contribution in [0.3, 0.4) is 0 Å². The SMILES string of the molecule is CCN1CCc2nc3c(Cl)cccc3c(C(C)=O)c2C1. The van der Waals surface area contributed by atoms with Crippen molar-refractivity contribution in [2.45, 2.75) is 26.8 Å². The van der Waals surface area contributed by atoms with Gasteiger partial charge >= 0.3 is 0 Å². The zero-order chi connectivity index (χ0) is 14.3. The fourth-order valence-corrected chi connectivity index (χ4v) is 3.17. The first-order valence-corrected chi connectivity index (χ1v) is 7.33. The summed E-state index contributed by atoms with van der Waals surface area (Å²) in [5, 5.41) is 1.49. The van der Waals surface area contributed by atoms with Gasteiger partial charge in [-0.1, -0.05) is 30.7 Å². The highest BCUT2D eigenvalue weighted by molar-refractivity contribution is 6.35. The van der Waals surface area contributed by atoms with Crippen molar-refractivity contribution >= 4 is 28.3 Å². The van der Waals surface area contributed by atoms with Gasteiger partial charge in [0.05, 0.1) is 10.5 Å². The molecule has 4 heteroatoms. The third-order valence-corrected chi connectivity index (χ3v) is 4.30. The minimum absolute atomic E-state index is 0.0915. The minimum atomic E-state index is 0.0915. The fourth-order valence-electron chi connectivity index (χ4n) is 2.96. The van der Waals surface area contributed by atoms with Crippen molar-refractivity contribution in [2.24, 2.45) is 0 Å². The zero-order valence-electron chi connectivity index (χ0n) is 11.7. The lowest BCUT2D eigenvalue weighted by Gasteiger charge is -2.29. The standard InChI is InChI=1S/C16H17ClN2O/c1-3-19-8-7-14-12(9-19)15(10(2)20)11-5-4-6-13(17)16(11)18-14/h4-6H,3,7-9H2,1-2H3. The van der Waals surface area contributed by atoms with Crippen LogP contribution < -0.4 is 0 Å². The van der Waals surface area contributed by atoms with Gasteiger partial charge in [-0.25, -0.2) is 0 Å². The summed E-state index contributed by atoms with van der Waals surface area (Å²) < 4.78 is 0. The number of halogens is 1. The Morgan fingerprint density at radius 3 is 2.95 bits per heavy atom. The van der Waals surface area contributed by atoms with E-state index in [0.29, 0.717) is 5.02 Å². The smallest absolute Gasteiger partial charge is 0.160 e. The second kappa shape index (κ2) is 5.15. The van der Waals surface area contributed by atoms with Crippen molar-refractivity contribution in [3.05, 3.63) is 40.0 Å². The molecule has 0 atom stereocenters. The number of pyridine rings is 1. The maximum atomic E-state index is 12.1. The lowest BCUT2D eigenvalue weighted by atomic mass is 9.94. The number of aromatic nitrogens is 1. The molecule has 0 unspecified atom stereocenters. The van der Waals surface area contributed by atoms with E-state index in [1.54, 1.807) is 6.92 Å². The van der Waals surface area contributed by atoms with Crippen molar-refractivity contribution in [3.8, 4) is 0 Å². The van der Waals surface area contributed by atoms with Crippen molar-refractivity contribution in [3.63, 3.8) is 0 Å². The molecule has 1 aliphatic rings. The number of hydrogen-bond donors (Lipinski definition) is 0. The highest BCUT2D eigenvalue weighted by Gasteiger charge is 2.24. The maximum absolute atomic E-state index is 12.1. The number of likely N-dealkylation sites (N-methyl/N-ethyl adjacent to an activating group) is 1. The Hall–Kier alpha value is -1.45. The van der Waals surface area contributed by atoms with E-state index in [1.165, 1.54) is 0 Å². The van der Waals surface area contributed by atoms with Crippen LogP contribution >= 0.6 is 11.6 Å². The van der Waals surface area contributed by atoms with Gasteiger partial charge in [0.2, 0.25) is 0 Å². The van der Waals surface area contributed by atoms with Gasteiger partial charge in [-0.15, -0.1) is 0 Å². The van der Waals surface area contributed by atoms with Gasteiger partial charge in [-0.2, -0.15) is 0 Å². The summed E-state index contributed by atoms with van der Waals surface area (Å²) in [6.07, 6.45) is 0.880. The van der Waals surface area contributed by atoms with E-state index in [-0.39, 0.29) is 5.78 Å². The van der Waals surface area contributed by atoms with E-state index >= 15 is 0 Å². The van der Waals surface area contributed by atoms with Gasteiger partial charge in [0.15, 0.2) is 5.78 Å². The Kier molecular flexibility index (Phi) is 3.48. The Labute approximate surface area is 123 Å². The van der Waals surface area contributed by atoms with Crippen LogP contribution in [0.4, 0.5) is 0 Å². The molecule has 0 spiro atoms. The molecule has 1 aromatic carbocycles. The molecule has 0 aliphatic carbocycles. The van der Waals surface area contributed by atoms with E-state index < -0.39 is 0 Å². The van der Waals surface area contributed by atoms with Crippen molar-refractivity contribution in [2.75, 3.05) is 13.1 Å². The number of hydrogen-bond acceptors (Lipinski definition) is 3. The predicted octanol–water partition coefficient (Wildman–Crippen LogP) is 3.47. The molecule has 1 aromatic heterocycles. The monoisotopic (exact) mass is 288 g/mol. The molecule has 0 saturated heterocycles. The topological polar surface area (TPSA) is 33.2 Å². The normalized spacial score (nSPS) is 15.3. The fraction of sp³-hybridized carbons (Fsp3) is 0.375. The van der Waals surface area contributed by atoms with E-state index in [0.717, 1.165) is 53.8 Å². The summed E-state index contributed by atoms with van der Waals surface area (Å²) in [6, 6.07) is 5.65. The first-order chi connectivity index (χ1) is 9.61. The van der Waals surface area contributed by atoms with E-state index in [9.17, 15) is 4.79 Å². The molecule has 0 amide bonds. The highest BCUT2D eigenvalue weighted by Crippen LogP contribution is 2.31. The second-order valence-electron chi connectivity index (χ2n) is 5.22. The molecule has 0 saturated carbocycles. The predicted molar refractivity (Wildman–Crippen MR) is 81.4 cm³/mol. The number of para-hydroxylation sites is 1. The molecule has 3 nitrogen and oxygen atoms in total. The number of fused-ring (bicyclic) bond motifs is 2. The van der Waals surface area contributed by atoms with Crippen LogP contribution in [-0.2, 0) is 13.0 Å². The average Bonchev–Trinajstić information content (AvgIpc) is 2.44. The molecule has 0 bridgehead atoms. The number of nitrogens with zero attached hydrogens (tertiary/aromatic N) is 2. The highest BCUT2D eigenvalue weighted by atomic mass is 35.5. The summed E-state index contributed by atoms with van der Waals surface area (Å²) in [4.78, 5) is 19.2. The molecule has 104 valence electrons. The van der Waals surface area contributed by atoms with E-state index in [1.807, 2.05) is 18.2 Å². The molecule has 0 radical (unpaired) electrons. The number of carbonyl (C=O) groups excluding carboxylic acids is 1. The number of benzene rings is 1. The van der Waals surface area contributed by atoms with Crippen LogP contribution in [0.25, 0.3) is 10.9 Å². The molecule has 3 rings (SSSR count). The number of Topliss-reactive ketones (excluding diaryl/α,β-unsaturated/α-hetero) is 1. The molecular weight excluding hydrogens is 272 g/mol. The summed E-state index contributed by atoms with van der Waals surface area (Å²) in [5.41, 5.74) is 3.66. The lowest BCUT2D eigenvalue weighted by molar-refractivity contribution is 0.101. The van der Waals surface area contributed by atoms with Gasteiger partial charge in [0.1, 0.15) is 0 Å². The summed E-state index contributed by atoms with van der Waals surface area (Å²) in [7, 11) is 0. The van der Waals surface area contributed by atoms with Crippen molar-refractivity contribution < 1.29 is 4.79 Å². The van der Waals surface area contributed by atoms with Crippen LogP contribution in [0.2, 0.25) is 5.02 Å². The molecule has 20 heavy (non-hydrogen) atoms. The minimum Gasteiger partial charge on any atom is -0.299 e. The Morgan fingerprint density at radius 2 is 2.25 bits per heavy atom. The Bertz CT molecular complexity index is 696. The van der Waals surface area contributed by atoms with Gasteiger partial charge in [0.25, 0.3) is 0 Å². The quantitative estimate of drug-likeness (QED) is 0.794. The summed E-state index contributed by atoms with van der Waals surface area (Å²) >= 11 is 6.25. The van der Waals surface area contributed by atoms with Gasteiger partial charge in [-0.3, -0.25) is 14.7 Å². The number of rotatable bonds is 2. The molecule has 2 aromatic rings. The van der Waals surface area contributed by atoms with E-state index in [4.69, 9.17) is 16.6 Å². The molecule has 1 aliphatic heterocycles. The van der Waals surface area contributed by atoms with Crippen LogP contribution in [-0.4, -0.2) is 28.8 Å². The van der Waals surface area contributed by atoms with Crippen LogP contribution in [0.1, 0.15) is 35.5 Å². The van der Waals surface area contributed by atoms with Crippen molar-refractivity contribution in [1.82, 2.24) is 9.88 Å². The third-order valence-electron chi connectivity index (χ3n) is 4.00. The molecule has 0 fully saturated rings. The number of ketones is 1. The molecule has 2 heterocycles.